The SMILES string of the molecule is C=CC[Si]1(O[Si]c2ccccc2)O[Si]2(c3ccccc3)O[Si]3(c4ccccc4)O[Si]O[Si]4(c5ccccc5)O[Si](c5ccccc5)(O1)O[Si](c1ccccc1)(O2)O[Si](c1ccccc1)(O3)O4. The van der Waals surface area contributed by atoms with Gasteiger partial charge in [0.25, 0.3) is 9.76 Å². The Kier molecular flexibility index (Phi) is 12.1. The molecule has 7 aromatic rings. The van der Waals surface area contributed by atoms with E-state index in [0.29, 0.717) is 31.1 Å². The zero-order chi connectivity index (χ0) is 44.6. The van der Waals surface area contributed by atoms with Crippen LogP contribution in [0.5, 0.6) is 0 Å². The summed E-state index contributed by atoms with van der Waals surface area (Å²) in [6, 6.07) is 67.4. The van der Waals surface area contributed by atoms with Gasteiger partial charge in [-0.1, -0.05) is 218 Å². The third kappa shape index (κ3) is 8.08. The van der Waals surface area contributed by atoms with Gasteiger partial charge in [0.05, 0.1) is 0 Å². The van der Waals surface area contributed by atoms with Gasteiger partial charge in [0, 0.05) is 37.2 Å². The minimum Gasteiger partial charge on any atom is -0.411 e. The van der Waals surface area contributed by atoms with Gasteiger partial charge < -0.3 is 49.4 Å². The predicted molar refractivity (Wildman–Crippen MR) is 262 cm³/mol. The van der Waals surface area contributed by atoms with E-state index in [0.717, 1.165) is 5.19 Å². The average Bonchev–Trinajstić information content (AvgIpc) is 3.35. The summed E-state index contributed by atoms with van der Waals surface area (Å²) < 4.78 is 93.1. The number of allylic oxidation sites excluding steroid dienone is 1. The number of rotatable bonds is 11. The first-order chi connectivity index (χ1) is 32.3. The first-order valence-corrected chi connectivity index (χ1v) is 35.2. The Hall–Kier alpha value is -4.25. The zero-order valence-electron chi connectivity index (χ0n) is 35.1. The third-order valence-corrected chi connectivity index (χ3v) is 42.8. The van der Waals surface area contributed by atoms with Gasteiger partial charge in [0.15, 0.2) is 0 Å². The van der Waals surface area contributed by atoms with Crippen LogP contribution in [0.4, 0.5) is 0 Å². The Morgan fingerprint density at radius 2 is 0.621 bits per heavy atom. The van der Waals surface area contributed by atoms with Gasteiger partial charge >= 0.3 is 71.6 Å². The number of hydrogen-bond donors (Lipinski definition) is 0. The first-order valence-electron chi connectivity index (χ1n) is 21.2. The molecule has 4 fully saturated rings. The van der Waals surface area contributed by atoms with Crippen molar-refractivity contribution in [1.29, 1.82) is 0 Å². The standard InChI is InChI=1S/C45H40O12Si9/c1-2-38-60(46-58-39-24-10-3-11-25-39)49-63(42-30-16-6-17-31-42)51-61(40-26-12-4-13-27-40)47-59-48-62(41-28-14-5-15-29-41)52-64(50-60,43-32-18-7-19-33-43)56-66(55-63,45-36-22-9-23-37-45)57-65(53-61,54-62)44-34-20-8-21-35-44/h2-37H,1,38H2. The van der Waals surface area contributed by atoms with E-state index in [-0.39, 0.29) is 15.8 Å². The van der Waals surface area contributed by atoms with Gasteiger partial charge in [-0.2, -0.15) is 0 Å². The van der Waals surface area contributed by atoms with Gasteiger partial charge in [0.2, 0.25) is 0 Å². The minimum atomic E-state index is -4.71. The molecule has 66 heavy (non-hydrogen) atoms. The summed E-state index contributed by atoms with van der Waals surface area (Å²) in [5.41, 5.74) is 0. The molecule has 0 N–H and O–H groups in total. The van der Waals surface area contributed by atoms with Crippen LogP contribution in [-0.2, 0) is 49.4 Å². The van der Waals surface area contributed by atoms with Crippen LogP contribution in [0, 0.1) is 0 Å². The molecule has 4 saturated heterocycles. The highest BCUT2D eigenvalue weighted by Gasteiger charge is 2.81. The van der Waals surface area contributed by atoms with Gasteiger partial charge in [-0.25, -0.2) is 0 Å². The second kappa shape index (κ2) is 18.0. The summed E-state index contributed by atoms with van der Waals surface area (Å²) >= 11 is 0. The van der Waals surface area contributed by atoms with Crippen molar-refractivity contribution in [3.63, 3.8) is 0 Å². The molecule has 11 rings (SSSR count). The van der Waals surface area contributed by atoms with E-state index < -0.39 is 71.6 Å². The molecule has 6 bridgehead atoms. The van der Waals surface area contributed by atoms with Crippen LogP contribution in [0.3, 0.4) is 0 Å². The van der Waals surface area contributed by atoms with E-state index in [4.69, 9.17) is 49.4 Å². The normalized spacial score (nSPS) is 31.6. The van der Waals surface area contributed by atoms with Crippen molar-refractivity contribution in [3.8, 4) is 0 Å². The fourth-order valence-corrected chi connectivity index (χ4v) is 48.9. The van der Waals surface area contributed by atoms with Crippen LogP contribution in [0.1, 0.15) is 0 Å². The quantitative estimate of drug-likeness (QED) is 0.141. The molecule has 0 spiro atoms. The zero-order valence-corrected chi connectivity index (χ0v) is 44.1. The van der Waals surface area contributed by atoms with Crippen LogP contribution in [0.2, 0.25) is 6.04 Å². The van der Waals surface area contributed by atoms with Crippen molar-refractivity contribution in [2.24, 2.45) is 0 Å². The fraction of sp³-hybridized carbons (Fsp3) is 0.0222. The molecule has 7 aromatic carbocycles. The molecule has 328 valence electrons. The van der Waals surface area contributed by atoms with Crippen LogP contribution in [0.15, 0.2) is 225 Å². The molecular formula is C45H40O12Si9. The Morgan fingerprint density at radius 3 is 0.924 bits per heavy atom. The predicted octanol–water partition coefficient (Wildman–Crippen LogP) is 2.92. The molecule has 4 aliphatic rings. The van der Waals surface area contributed by atoms with E-state index in [1.807, 2.05) is 212 Å². The van der Waals surface area contributed by atoms with Gasteiger partial charge in [-0.05, 0) is 5.19 Å². The Morgan fingerprint density at radius 1 is 0.364 bits per heavy atom. The highest BCUT2D eigenvalue weighted by Crippen LogP contribution is 2.44. The van der Waals surface area contributed by atoms with Crippen LogP contribution in [0.25, 0.3) is 0 Å². The second-order valence-corrected chi connectivity index (χ2v) is 38.1. The van der Waals surface area contributed by atoms with Crippen molar-refractivity contribution in [2.75, 3.05) is 0 Å². The first kappa shape index (κ1) is 44.3. The largest absolute Gasteiger partial charge is 0.515 e. The lowest BCUT2D eigenvalue weighted by molar-refractivity contribution is 0.0289. The Labute approximate surface area is 395 Å². The molecule has 4 unspecified atom stereocenters. The molecule has 4 heterocycles. The smallest absolute Gasteiger partial charge is 0.411 e. The van der Waals surface area contributed by atoms with Crippen molar-refractivity contribution < 1.29 is 49.4 Å². The van der Waals surface area contributed by atoms with Crippen LogP contribution in [-0.4, -0.2) is 81.4 Å². The average molecular weight is 1030 g/mol. The van der Waals surface area contributed by atoms with E-state index in [9.17, 15) is 0 Å². The molecular weight excluding hydrogens is 985 g/mol. The molecule has 4 radical (unpaired) electrons. The third-order valence-electron chi connectivity index (χ3n) is 11.1. The molecule has 4 atom stereocenters. The lowest BCUT2D eigenvalue weighted by atomic mass is 10.4. The lowest BCUT2D eigenvalue weighted by Crippen LogP contribution is -2.91. The summed E-state index contributed by atoms with van der Waals surface area (Å²) in [7, 11) is -33.1. The molecule has 4 aliphatic heterocycles. The van der Waals surface area contributed by atoms with E-state index in [2.05, 4.69) is 6.58 Å². The highest BCUT2D eigenvalue weighted by atomic mass is 28.6. The fourth-order valence-electron chi connectivity index (χ4n) is 8.07. The van der Waals surface area contributed by atoms with E-state index in [1.165, 1.54) is 0 Å². The van der Waals surface area contributed by atoms with E-state index >= 15 is 0 Å². The van der Waals surface area contributed by atoms with E-state index in [1.54, 1.807) is 6.08 Å². The summed E-state index contributed by atoms with van der Waals surface area (Å²) in [5, 5.41) is 4.38. The highest BCUT2D eigenvalue weighted by molar-refractivity contribution is 7.10. The van der Waals surface area contributed by atoms with Crippen LogP contribution >= 0.6 is 0 Å². The summed E-state index contributed by atoms with van der Waals surface area (Å²) in [4.78, 5) is 0. The van der Waals surface area contributed by atoms with Gasteiger partial charge in [-0.3, -0.25) is 0 Å². The lowest BCUT2D eigenvalue weighted by Gasteiger charge is -2.58. The maximum Gasteiger partial charge on any atom is 0.515 e. The topological polar surface area (TPSA) is 111 Å². The molecule has 0 saturated carbocycles. The van der Waals surface area contributed by atoms with Crippen LogP contribution < -0.4 is 36.3 Å². The summed E-state index contributed by atoms with van der Waals surface area (Å²) in [5.74, 6) is 0. The van der Waals surface area contributed by atoms with Gasteiger partial charge in [-0.15, -0.1) is 6.58 Å². The summed E-state index contributed by atoms with van der Waals surface area (Å²) in [6.07, 6.45) is 1.73. The van der Waals surface area contributed by atoms with Crippen molar-refractivity contribution in [1.82, 2.24) is 0 Å². The second-order valence-electron chi connectivity index (χ2n) is 15.5. The maximum absolute atomic E-state index is 8.03. The van der Waals surface area contributed by atoms with Gasteiger partial charge in [0.1, 0.15) is 0 Å². The molecule has 0 aromatic heterocycles. The minimum absolute atomic E-state index is 0.0872. The Bertz CT molecular complexity index is 2660. The van der Waals surface area contributed by atoms with Crippen molar-refractivity contribution >= 4 is 118 Å². The molecule has 12 nitrogen and oxygen atoms in total. The Balaban J connectivity index is 1.30. The molecule has 21 heteroatoms. The molecule has 0 amide bonds. The monoisotopic (exact) mass is 1020 g/mol. The summed E-state index contributed by atoms with van der Waals surface area (Å²) in [6.45, 7) is 4.25. The number of benzene rings is 7. The molecule has 0 aliphatic carbocycles. The van der Waals surface area contributed by atoms with Crippen molar-refractivity contribution in [2.45, 2.75) is 6.04 Å². The number of fused-ring (bicyclic) bond motifs is 4. The number of hydrogen-bond acceptors (Lipinski definition) is 12. The van der Waals surface area contributed by atoms with Crippen molar-refractivity contribution in [3.05, 3.63) is 225 Å². The maximum atomic E-state index is 8.03.